The van der Waals surface area contributed by atoms with Gasteiger partial charge in [-0.05, 0) is 73.5 Å². The predicted octanol–water partition coefficient (Wildman–Crippen LogP) is 5.80. The highest BCUT2D eigenvalue weighted by molar-refractivity contribution is 6.22. The molecule has 6 rings (SSSR count). The number of carbonyl (C=O) groups excluding carboxylic acids is 4. The van der Waals surface area contributed by atoms with E-state index in [-0.39, 0.29) is 41.5 Å². The van der Waals surface area contributed by atoms with Gasteiger partial charge in [-0.3, -0.25) is 29.0 Å². The Balaban J connectivity index is 0.000000165. The van der Waals surface area contributed by atoms with Crippen LogP contribution in [-0.4, -0.2) is 45.6 Å². The van der Waals surface area contributed by atoms with Crippen molar-refractivity contribution in [2.75, 3.05) is 7.11 Å². The lowest BCUT2D eigenvalue weighted by molar-refractivity contribution is 0.0579. The second-order valence-corrected chi connectivity index (χ2v) is 9.77. The summed E-state index contributed by atoms with van der Waals surface area (Å²) < 4.78 is 5.12. The van der Waals surface area contributed by atoms with E-state index in [1.165, 1.54) is 9.80 Å². The number of phenols is 1. The maximum atomic E-state index is 12.4. The zero-order valence-electron chi connectivity index (χ0n) is 22.8. The molecule has 0 aromatic heterocycles. The average molecular weight is 549 g/mol. The maximum absolute atomic E-state index is 12.4. The molecule has 2 heterocycles. The lowest BCUT2D eigenvalue weighted by Gasteiger charge is -2.23. The van der Waals surface area contributed by atoms with Crippen LogP contribution in [0.5, 0.6) is 11.5 Å². The summed E-state index contributed by atoms with van der Waals surface area (Å²) in [5.41, 5.74) is 3.54. The molecule has 2 aliphatic rings. The van der Waals surface area contributed by atoms with E-state index in [0.29, 0.717) is 22.3 Å². The van der Waals surface area contributed by atoms with Crippen LogP contribution in [0.2, 0.25) is 0 Å². The van der Waals surface area contributed by atoms with E-state index in [1.54, 1.807) is 86.8 Å². The summed E-state index contributed by atoms with van der Waals surface area (Å²) in [5.74, 6) is -0.119. The normalized spacial score (nSPS) is 15.2. The van der Waals surface area contributed by atoms with Gasteiger partial charge in [0.1, 0.15) is 11.5 Å². The number of benzene rings is 4. The lowest BCUT2D eigenvalue weighted by atomic mass is 10.1. The first kappa shape index (κ1) is 27.3. The topological polar surface area (TPSA) is 104 Å². The molecule has 0 radical (unpaired) electrons. The molecule has 4 amide bonds. The zero-order valence-corrected chi connectivity index (χ0v) is 22.8. The fourth-order valence-corrected chi connectivity index (χ4v) is 5.05. The number of hydrogen-bond acceptors (Lipinski definition) is 6. The Labute approximate surface area is 237 Å². The molecule has 0 saturated carbocycles. The van der Waals surface area contributed by atoms with Gasteiger partial charge in [0.25, 0.3) is 23.6 Å². The van der Waals surface area contributed by atoms with Crippen molar-refractivity contribution in [3.8, 4) is 11.5 Å². The molecule has 0 aliphatic carbocycles. The van der Waals surface area contributed by atoms with Crippen molar-refractivity contribution in [2.45, 2.75) is 25.9 Å². The molecule has 2 atom stereocenters. The van der Waals surface area contributed by atoms with Gasteiger partial charge in [-0.15, -0.1) is 0 Å². The number of fused-ring (bicyclic) bond motifs is 2. The minimum absolute atomic E-state index is 0.156. The predicted molar refractivity (Wildman–Crippen MR) is 152 cm³/mol. The van der Waals surface area contributed by atoms with Gasteiger partial charge in [-0.2, -0.15) is 0 Å². The van der Waals surface area contributed by atoms with Crippen LogP contribution in [0.3, 0.4) is 0 Å². The van der Waals surface area contributed by atoms with Crippen molar-refractivity contribution in [1.82, 2.24) is 9.80 Å². The maximum Gasteiger partial charge on any atom is 0.262 e. The van der Waals surface area contributed by atoms with Crippen molar-refractivity contribution in [2.24, 2.45) is 0 Å². The van der Waals surface area contributed by atoms with E-state index in [9.17, 15) is 24.3 Å². The third kappa shape index (κ3) is 4.96. The molecule has 0 saturated heterocycles. The van der Waals surface area contributed by atoms with Gasteiger partial charge in [0.2, 0.25) is 0 Å². The fraction of sp³-hybridized carbons (Fsp3) is 0.152. The van der Waals surface area contributed by atoms with E-state index in [1.807, 2.05) is 31.2 Å². The summed E-state index contributed by atoms with van der Waals surface area (Å²) in [4.78, 5) is 52.1. The Bertz CT molecular complexity index is 1580. The molecule has 0 unspecified atom stereocenters. The summed E-state index contributed by atoms with van der Waals surface area (Å²) >= 11 is 0. The lowest BCUT2D eigenvalue weighted by Crippen LogP contribution is -2.32. The van der Waals surface area contributed by atoms with Crippen molar-refractivity contribution >= 4 is 23.6 Å². The number of ether oxygens (including phenoxy) is 1. The number of phenolic OH excluding ortho intramolecular Hbond substituents is 1. The van der Waals surface area contributed by atoms with Crippen LogP contribution >= 0.6 is 0 Å². The zero-order chi connectivity index (χ0) is 29.3. The molecule has 8 heteroatoms. The minimum Gasteiger partial charge on any atom is -0.508 e. The van der Waals surface area contributed by atoms with Gasteiger partial charge in [0, 0.05) is 0 Å². The standard InChI is InChI=1S/C17H15NO3.C16H13NO3/c1-11(12-7-9-13(21-2)10-8-12)18-16(19)14-5-3-4-6-15(14)17(18)20;1-10(11-6-8-12(18)9-7-11)17-15(19)13-4-2-3-5-14(13)16(17)20/h3-11H,1-2H3;2-10,18H,1H3/t11-;10-/m00/s1. The number of nitrogens with zero attached hydrogens (tertiary/aromatic N) is 2. The highest BCUT2D eigenvalue weighted by Gasteiger charge is 2.39. The first-order chi connectivity index (χ1) is 19.7. The van der Waals surface area contributed by atoms with Gasteiger partial charge in [0.05, 0.1) is 41.4 Å². The Hall–Kier alpha value is -5.24. The molecular formula is C33H28N2O6. The number of aromatic hydroxyl groups is 1. The van der Waals surface area contributed by atoms with Crippen LogP contribution < -0.4 is 4.74 Å². The van der Waals surface area contributed by atoms with Crippen molar-refractivity contribution in [1.29, 1.82) is 0 Å². The molecule has 1 N–H and O–H groups in total. The van der Waals surface area contributed by atoms with Gasteiger partial charge < -0.3 is 9.84 Å². The van der Waals surface area contributed by atoms with E-state index in [0.717, 1.165) is 16.9 Å². The molecule has 206 valence electrons. The molecule has 0 fully saturated rings. The number of amides is 4. The van der Waals surface area contributed by atoms with Crippen LogP contribution in [0, 0.1) is 0 Å². The number of carbonyl (C=O) groups is 4. The van der Waals surface area contributed by atoms with Crippen molar-refractivity contribution in [3.05, 3.63) is 130 Å². The van der Waals surface area contributed by atoms with E-state index < -0.39 is 0 Å². The summed E-state index contributed by atoms with van der Waals surface area (Å²) in [6.07, 6.45) is 0. The number of hydrogen-bond donors (Lipinski definition) is 1. The Morgan fingerprint density at radius 2 is 0.854 bits per heavy atom. The molecule has 8 nitrogen and oxygen atoms in total. The van der Waals surface area contributed by atoms with E-state index >= 15 is 0 Å². The number of imide groups is 2. The highest BCUT2D eigenvalue weighted by Crippen LogP contribution is 2.33. The first-order valence-electron chi connectivity index (χ1n) is 13.1. The number of rotatable bonds is 5. The van der Waals surface area contributed by atoms with E-state index in [4.69, 9.17) is 4.74 Å². The largest absolute Gasteiger partial charge is 0.508 e. The molecule has 4 aromatic rings. The third-order valence-corrected chi connectivity index (χ3v) is 7.40. The molecule has 0 bridgehead atoms. The monoisotopic (exact) mass is 548 g/mol. The van der Waals surface area contributed by atoms with E-state index in [2.05, 4.69) is 0 Å². The first-order valence-corrected chi connectivity index (χ1v) is 13.1. The van der Waals surface area contributed by atoms with Gasteiger partial charge in [0.15, 0.2) is 0 Å². The summed E-state index contributed by atoms with van der Waals surface area (Å²) in [5, 5.41) is 9.30. The summed E-state index contributed by atoms with van der Waals surface area (Å²) in [7, 11) is 1.60. The van der Waals surface area contributed by atoms with Crippen molar-refractivity contribution < 1.29 is 29.0 Å². The van der Waals surface area contributed by atoms with Gasteiger partial charge in [-0.25, -0.2) is 0 Å². The van der Waals surface area contributed by atoms with Gasteiger partial charge >= 0.3 is 0 Å². The van der Waals surface area contributed by atoms with Crippen LogP contribution in [0.15, 0.2) is 97.1 Å². The Morgan fingerprint density at radius 3 is 1.17 bits per heavy atom. The fourth-order valence-electron chi connectivity index (χ4n) is 5.05. The molecule has 4 aromatic carbocycles. The van der Waals surface area contributed by atoms with Crippen molar-refractivity contribution in [3.63, 3.8) is 0 Å². The second-order valence-electron chi connectivity index (χ2n) is 9.77. The SMILES string of the molecule is COc1ccc([C@H](C)N2C(=O)c3ccccc3C2=O)cc1.C[C@@H](c1ccc(O)cc1)N1C(=O)c2ccccc2C1=O. The number of methoxy groups -OCH3 is 1. The van der Waals surface area contributed by atoms with Crippen LogP contribution in [-0.2, 0) is 0 Å². The van der Waals surface area contributed by atoms with Crippen LogP contribution in [0.4, 0.5) is 0 Å². The summed E-state index contributed by atoms with van der Waals surface area (Å²) in [6, 6.07) is 27.0. The Morgan fingerprint density at radius 1 is 0.537 bits per heavy atom. The third-order valence-electron chi connectivity index (χ3n) is 7.40. The second kappa shape index (κ2) is 11.1. The molecule has 41 heavy (non-hydrogen) atoms. The van der Waals surface area contributed by atoms with Crippen LogP contribution in [0.1, 0.15) is 78.5 Å². The average Bonchev–Trinajstić information content (AvgIpc) is 3.41. The summed E-state index contributed by atoms with van der Waals surface area (Å²) in [6.45, 7) is 3.65. The molecular weight excluding hydrogens is 520 g/mol. The Kier molecular flexibility index (Phi) is 7.40. The van der Waals surface area contributed by atoms with Crippen LogP contribution in [0.25, 0.3) is 0 Å². The smallest absolute Gasteiger partial charge is 0.262 e. The minimum atomic E-state index is -0.372. The molecule has 2 aliphatic heterocycles. The highest BCUT2D eigenvalue weighted by atomic mass is 16.5. The molecule has 0 spiro atoms. The quantitative estimate of drug-likeness (QED) is 0.316. The van der Waals surface area contributed by atoms with Gasteiger partial charge in [-0.1, -0.05) is 48.5 Å².